The van der Waals surface area contributed by atoms with E-state index in [1.165, 1.54) is 10.9 Å². The first-order valence-corrected chi connectivity index (χ1v) is 12.1. The number of imidazole rings is 1. The van der Waals surface area contributed by atoms with Crippen molar-refractivity contribution in [3.63, 3.8) is 0 Å². The van der Waals surface area contributed by atoms with E-state index in [-0.39, 0.29) is 24.4 Å². The number of aryl methyl sites for hydroxylation is 2. The average Bonchev–Trinajstić information content (AvgIpc) is 3.56. The van der Waals surface area contributed by atoms with Gasteiger partial charge >= 0.3 is 23.9 Å². The van der Waals surface area contributed by atoms with E-state index in [2.05, 4.69) is 4.98 Å². The minimum atomic E-state index is -0.899. The van der Waals surface area contributed by atoms with E-state index in [9.17, 15) is 19.2 Å². The molecule has 0 radical (unpaired) electrons. The van der Waals surface area contributed by atoms with Crippen LogP contribution in [0.1, 0.15) is 65.5 Å². The van der Waals surface area contributed by atoms with Crippen LogP contribution in [0.25, 0.3) is 0 Å². The summed E-state index contributed by atoms with van der Waals surface area (Å²) in [5.74, 6) is -2.83. The predicted molar refractivity (Wildman–Crippen MR) is 135 cm³/mol. The van der Waals surface area contributed by atoms with Crippen molar-refractivity contribution >= 4 is 23.9 Å². The monoisotopic (exact) mass is 536 g/mol. The Bertz CT molecular complexity index is 1360. The molecule has 0 N–H and O–H groups in total. The van der Waals surface area contributed by atoms with Crippen LogP contribution in [0.5, 0.6) is 0 Å². The van der Waals surface area contributed by atoms with E-state index >= 15 is 0 Å². The SMILES string of the molecule is COC(=O)c1ncn(C2CC(OC(=O)c3ccc(C)cc3)C(COC(=O)c3ccc(C)cc3)O2)c1C(=O)OC. The molecule has 2 aromatic carbocycles. The number of carbonyl (C=O) groups is 4. The Morgan fingerprint density at radius 1 is 0.846 bits per heavy atom. The first-order chi connectivity index (χ1) is 18.7. The summed E-state index contributed by atoms with van der Waals surface area (Å²) in [6.07, 6.45) is -1.32. The fourth-order valence-electron chi connectivity index (χ4n) is 4.10. The van der Waals surface area contributed by atoms with Crippen molar-refractivity contribution in [2.45, 2.75) is 38.7 Å². The molecule has 3 atom stereocenters. The van der Waals surface area contributed by atoms with Gasteiger partial charge in [-0.05, 0) is 38.1 Å². The predicted octanol–water partition coefficient (Wildman–Crippen LogP) is 3.44. The molecule has 3 unspecified atom stereocenters. The van der Waals surface area contributed by atoms with Crippen LogP contribution in [0.4, 0.5) is 0 Å². The Kier molecular flexibility index (Phi) is 8.40. The largest absolute Gasteiger partial charge is 0.464 e. The number of esters is 4. The number of hydrogen-bond donors (Lipinski definition) is 0. The lowest BCUT2D eigenvalue weighted by Gasteiger charge is -2.19. The van der Waals surface area contributed by atoms with Gasteiger partial charge in [0.05, 0.1) is 31.7 Å². The van der Waals surface area contributed by atoms with E-state index < -0.39 is 42.3 Å². The molecular weight excluding hydrogens is 508 g/mol. The highest BCUT2D eigenvalue weighted by molar-refractivity contribution is 6.00. The normalized spacial score (nSPS) is 18.3. The van der Waals surface area contributed by atoms with Crippen molar-refractivity contribution in [1.29, 1.82) is 0 Å². The van der Waals surface area contributed by atoms with Crippen molar-refractivity contribution in [3.8, 4) is 0 Å². The van der Waals surface area contributed by atoms with E-state index in [1.807, 2.05) is 13.8 Å². The molecule has 1 aliphatic rings. The minimum Gasteiger partial charge on any atom is -0.464 e. The molecule has 204 valence electrons. The van der Waals surface area contributed by atoms with Gasteiger partial charge in [-0.25, -0.2) is 24.2 Å². The van der Waals surface area contributed by atoms with Gasteiger partial charge in [-0.15, -0.1) is 0 Å². The maximum absolute atomic E-state index is 12.9. The lowest BCUT2D eigenvalue weighted by Crippen LogP contribution is -2.32. The highest BCUT2D eigenvalue weighted by Crippen LogP contribution is 2.33. The summed E-state index contributed by atoms with van der Waals surface area (Å²) in [4.78, 5) is 54.3. The summed E-state index contributed by atoms with van der Waals surface area (Å²) < 4.78 is 28.2. The van der Waals surface area contributed by atoms with Crippen LogP contribution in [0, 0.1) is 13.8 Å². The van der Waals surface area contributed by atoms with Crippen LogP contribution in [0.2, 0.25) is 0 Å². The van der Waals surface area contributed by atoms with Crippen LogP contribution >= 0.6 is 0 Å². The van der Waals surface area contributed by atoms with Gasteiger partial charge in [0.1, 0.15) is 25.0 Å². The molecule has 11 nitrogen and oxygen atoms in total. The topological polar surface area (TPSA) is 132 Å². The Morgan fingerprint density at radius 3 is 1.97 bits per heavy atom. The molecule has 1 fully saturated rings. The van der Waals surface area contributed by atoms with Gasteiger partial charge in [-0.1, -0.05) is 35.4 Å². The number of benzene rings is 2. The van der Waals surface area contributed by atoms with Crippen molar-refractivity contribution in [1.82, 2.24) is 9.55 Å². The summed E-state index contributed by atoms with van der Waals surface area (Å²) >= 11 is 0. The second kappa shape index (κ2) is 11.9. The number of carbonyl (C=O) groups excluding carboxylic acids is 4. The van der Waals surface area contributed by atoms with Gasteiger partial charge in [-0.3, -0.25) is 4.57 Å². The second-order valence-corrected chi connectivity index (χ2v) is 8.97. The highest BCUT2D eigenvalue weighted by Gasteiger charge is 2.42. The molecule has 1 aliphatic heterocycles. The van der Waals surface area contributed by atoms with Crippen molar-refractivity contribution in [3.05, 3.63) is 88.5 Å². The zero-order chi connectivity index (χ0) is 28.1. The van der Waals surface area contributed by atoms with Crippen LogP contribution in [-0.2, 0) is 23.7 Å². The molecule has 1 saturated heterocycles. The number of nitrogens with zero attached hydrogens (tertiary/aromatic N) is 2. The third kappa shape index (κ3) is 6.15. The fraction of sp³-hybridized carbons (Fsp3) is 0.321. The maximum Gasteiger partial charge on any atom is 0.359 e. The maximum atomic E-state index is 12.9. The molecule has 4 rings (SSSR count). The fourth-order valence-corrected chi connectivity index (χ4v) is 4.10. The van der Waals surface area contributed by atoms with Crippen LogP contribution in [0.3, 0.4) is 0 Å². The van der Waals surface area contributed by atoms with E-state index in [4.69, 9.17) is 23.7 Å². The quantitative estimate of drug-likeness (QED) is 0.311. The zero-order valence-corrected chi connectivity index (χ0v) is 21.9. The number of hydrogen-bond acceptors (Lipinski definition) is 10. The number of rotatable bonds is 8. The number of aromatic nitrogens is 2. The molecule has 0 amide bonds. The molecule has 39 heavy (non-hydrogen) atoms. The molecule has 11 heteroatoms. The average molecular weight is 537 g/mol. The van der Waals surface area contributed by atoms with Crippen LogP contribution in [-0.4, -0.2) is 66.5 Å². The second-order valence-electron chi connectivity index (χ2n) is 8.97. The van der Waals surface area contributed by atoms with Gasteiger partial charge < -0.3 is 23.7 Å². The molecule has 2 heterocycles. The van der Waals surface area contributed by atoms with Crippen molar-refractivity contribution < 1.29 is 42.9 Å². The van der Waals surface area contributed by atoms with Crippen LogP contribution < -0.4 is 0 Å². The van der Waals surface area contributed by atoms with Crippen molar-refractivity contribution in [2.75, 3.05) is 20.8 Å². The smallest absolute Gasteiger partial charge is 0.359 e. The van der Waals surface area contributed by atoms with Gasteiger partial charge in [-0.2, -0.15) is 0 Å². The van der Waals surface area contributed by atoms with Crippen LogP contribution in [0.15, 0.2) is 54.9 Å². The summed E-state index contributed by atoms with van der Waals surface area (Å²) in [6, 6.07) is 13.7. The summed E-state index contributed by atoms with van der Waals surface area (Å²) in [6.45, 7) is 3.57. The highest BCUT2D eigenvalue weighted by atomic mass is 16.6. The minimum absolute atomic E-state index is 0.0747. The molecule has 0 saturated carbocycles. The zero-order valence-electron chi connectivity index (χ0n) is 21.9. The van der Waals surface area contributed by atoms with Gasteiger partial charge in [0.15, 0.2) is 11.4 Å². The van der Waals surface area contributed by atoms with E-state index in [0.29, 0.717) is 11.1 Å². The first-order valence-electron chi connectivity index (χ1n) is 12.1. The first kappa shape index (κ1) is 27.5. The lowest BCUT2D eigenvalue weighted by molar-refractivity contribution is -0.0577. The third-order valence-corrected chi connectivity index (χ3v) is 6.25. The summed E-state index contributed by atoms with van der Waals surface area (Å²) in [5.41, 5.74) is 2.22. The molecule has 1 aromatic heterocycles. The van der Waals surface area contributed by atoms with Gasteiger partial charge in [0.2, 0.25) is 0 Å². The molecular formula is C28H28N2O9. The van der Waals surface area contributed by atoms with E-state index in [1.54, 1.807) is 48.5 Å². The molecule has 3 aromatic rings. The number of ether oxygens (including phenoxy) is 5. The summed E-state index contributed by atoms with van der Waals surface area (Å²) in [5, 5.41) is 0. The third-order valence-electron chi connectivity index (χ3n) is 6.25. The standard InChI is InChI=1S/C28H28N2O9/c1-16-5-9-18(10-6-16)25(31)37-14-21-20(39-26(32)19-11-7-17(2)8-12-19)13-22(38-21)30-15-29-23(27(33)35-3)24(30)28(34)36-4/h5-12,15,20-22H,13-14H2,1-4H3. The Labute approximate surface area is 224 Å². The Balaban J connectivity index is 1.58. The molecule has 0 bridgehead atoms. The molecule has 0 aliphatic carbocycles. The molecule has 0 spiro atoms. The van der Waals surface area contributed by atoms with E-state index in [0.717, 1.165) is 25.3 Å². The van der Waals surface area contributed by atoms with Crippen molar-refractivity contribution in [2.24, 2.45) is 0 Å². The summed E-state index contributed by atoms with van der Waals surface area (Å²) in [7, 11) is 2.32. The Morgan fingerprint density at radius 2 is 1.41 bits per heavy atom. The number of methoxy groups -OCH3 is 2. The van der Waals surface area contributed by atoms with Gasteiger partial charge in [0.25, 0.3) is 0 Å². The van der Waals surface area contributed by atoms with Gasteiger partial charge in [0, 0.05) is 6.42 Å². The Hall–Kier alpha value is -4.51. The lowest BCUT2D eigenvalue weighted by atomic mass is 10.1.